The predicted octanol–water partition coefficient (Wildman–Crippen LogP) is 6.24. The largest absolute Gasteiger partial charge is 0.126 e. The summed E-state index contributed by atoms with van der Waals surface area (Å²) in [5.74, 6) is 2.73. The van der Waals surface area contributed by atoms with Crippen LogP contribution in [0.4, 0.5) is 0 Å². The van der Waals surface area contributed by atoms with Gasteiger partial charge in [-0.15, -0.1) is 23.4 Å². The second kappa shape index (κ2) is 7.22. The molecule has 112 valence electrons. The Kier molecular flexibility index (Phi) is 5.86. The number of hydrogen-bond acceptors (Lipinski definition) is 1. The van der Waals surface area contributed by atoms with Gasteiger partial charge in [0.05, 0.1) is 0 Å². The average Bonchev–Trinajstić information content (AvgIpc) is 2.41. The molecular weight excluding hydrogens is 284 g/mol. The molecule has 1 aliphatic rings. The van der Waals surface area contributed by atoms with Crippen molar-refractivity contribution in [3.05, 3.63) is 30.3 Å². The van der Waals surface area contributed by atoms with Gasteiger partial charge < -0.3 is 0 Å². The van der Waals surface area contributed by atoms with E-state index in [1.54, 1.807) is 0 Å². The highest BCUT2D eigenvalue weighted by Gasteiger charge is 2.34. The third kappa shape index (κ3) is 4.70. The average molecular weight is 311 g/mol. The Hall–Kier alpha value is -0.140. The van der Waals surface area contributed by atoms with E-state index in [4.69, 9.17) is 11.6 Å². The highest BCUT2D eigenvalue weighted by Crippen LogP contribution is 2.43. The maximum atomic E-state index is 6.57. The smallest absolute Gasteiger partial charge is 0.0364 e. The number of halogens is 1. The molecule has 2 rings (SSSR count). The molecule has 0 spiro atoms. The first-order valence-electron chi connectivity index (χ1n) is 7.78. The SMILES string of the molecule is CC(C)(C)C1CCC(Cl)C(CCSc2ccccc2)C1. The molecule has 3 unspecified atom stereocenters. The number of hydrogen-bond donors (Lipinski definition) is 0. The summed E-state index contributed by atoms with van der Waals surface area (Å²) in [5, 5.41) is 0.393. The molecule has 0 radical (unpaired) electrons. The molecule has 1 fully saturated rings. The molecule has 1 aromatic carbocycles. The quantitative estimate of drug-likeness (QED) is 0.468. The standard InChI is InChI=1S/C18H27ClS/c1-18(2,3)15-9-10-17(19)14(13-15)11-12-20-16-7-5-4-6-8-16/h4-8,14-15,17H,9-13H2,1-3H3. The normalized spacial score (nSPS) is 27.5. The van der Waals surface area contributed by atoms with Gasteiger partial charge in [-0.2, -0.15) is 0 Å². The molecule has 1 aliphatic carbocycles. The maximum absolute atomic E-state index is 6.57. The molecule has 20 heavy (non-hydrogen) atoms. The lowest BCUT2D eigenvalue weighted by molar-refractivity contribution is 0.142. The lowest BCUT2D eigenvalue weighted by atomic mass is 9.68. The zero-order valence-corrected chi connectivity index (χ0v) is 14.5. The zero-order valence-electron chi connectivity index (χ0n) is 12.9. The van der Waals surface area contributed by atoms with E-state index in [1.165, 1.54) is 36.3 Å². The van der Waals surface area contributed by atoms with E-state index in [0.29, 0.717) is 16.7 Å². The number of benzene rings is 1. The van der Waals surface area contributed by atoms with Gasteiger partial charge in [0.2, 0.25) is 0 Å². The minimum absolute atomic E-state index is 0.393. The molecule has 0 nitrogen and oxygen atoms in total. The summed E-state index contributed by atoms with van der Waals surface area (Å²) in [5.41, 5.74) is 0.432. The number of rotatable bonds is 4. The third-order valence-corrected chi connectivity index (χ3v) is 6.23. The van der Waals surface area contributed by atoms with Gasteiger partial charge >= 0.3 is 0 Å². The van der Waals surface area contributed by atoms with E-state index in [9.17, 15) is 0 Å². The Bertz CT molecular complexity index is 396. The summed E-state index contributed by atoms with van der Waals surface area (Å²) >= 11 is 8.54. The van der Waals surface area contributed by atoms with Gasteiger partial charge in [0, 0.05) is 10.3 Å². The van der Waals surface area contributed by atoms with Gasteiger partial charge in [0.15, 0.2) is 0 Å². The van der Waals surface area contributed by atoms with Crippen LogP contribution in [0.25, 0.3) is 0 Å². The van der Waals surface area contributed by atoms with Gasteiger partial charge in [0.25, 0.3) is 0 Å². The predicted molar refractivity (Wildman–Crippen MR) is 91.7 cm³/mol. The van der Waals surface area contributed by atoms with Crippen molar-refractivity contribution < 1.29 is 0 Å². The van der Waals surface area contributed by atoms with Gasteiger partial charge in [0.1, 0.15) is 0 Å². The van der Waals surface area contributed by atoms with E-state index in [1.807, 2.05) is 11.8 Å². The van der Waals surface area contributed by atoms with Gasteiger partial charge in [-0.1, -0.05) is 39.0 Å². The van der Waals surface area contributed by atoms with E-state index in [0.717, 1.165) is 5.92 Å². The monoisotopic (exact) mass is 310 g/mol. The van der Waals surface area contributed by atoms with E-state index in [2.05, 4.69) is 51.1 Å². The van der Waals surface area contributed by atoms with Crippen LogP contribution in [0.3, 0.4) is 0 Å². The van der Waals surface area contributed by atoms with E-state index in [-0.39, 0.29) is 0 Å². The molecule has 0 N–H and O–H groups in total. The Morgan fingerprint density at radius 3 is 2.50 bits per heavy atom. The Morgan fingerprint density at radius 1 is 1.15 bits per heavy atom. The fourth-order valence-electron chi connectivity index (χ4n) is 3.16. The molecule has 0 aromatic heterocycles. The molecule has 0 bridgehead atoms. The lowest BCUT2D eigenvalue weighted by Crippen LogP contribution is -2.32. The first kappa shape index (κ1) is 16.2. The van der Waals surface area contributed by atoms with Crippen LogP contribution in [0.15, 0.2) is 35.2 Å². The van der Waals surface area contributed by atoms with Crippen LogP contribution in [0.1, 0.15) is 46.5 Å². The van der Waals surface area contributed by atoms with Crippen LogP contribution in [0.5, 0.6) is 0 Å². The van der Waals surface area contributed by atoms with E-state index < -0.39 is 0 Å². The van der Waals surface area contributed by atoms with Crippen LogP contribution in [-0.2, 0) is 0 Å². The number of thioether (sulfide) groups is 1. The minimum atomic E-state index is 0.393. The van der Waals surface area contributed by atoms with Crippen LogP contribution in [0.2, 0.25) is 0 Å². The van der Waals surface area contributed by atoms with Crippen LogP contribution in [0, 0.1) is 17.3 Å². The lowest BCUT2D eigenvalue weighted by Gasteiger charge is -2.40. The highest BCUT2D eigenvalue weighted by atomic mass is 35.5. The van der Waals surface area contributed by atoms with Gasteiger partial charge in [-0.25, -0.2) is 0 Å². The van der Waals surface area contributed by atoms with Gasteiger partial charge in [-0.05, 0) is 60.8 Å². The summed E-state index contributed by atoms with van der Waals surface area (Å²) in [6, 6.07) is 10.7. The summed E-state index contributed by atoms with van der Waals surface area (Å²) in [6.07, 6.45) is 5.07. The second-order valence-electron chi connectivity index (χ2n) is 7.10. The Labute approximate surface area is 133 Å². The van der Waals surface area contributed by atoms with E-state index >= 15 is 0 Å². The van der Waals surface area contributed by atoms with Crippen molar-refractivity contribution in [2.75, 3.05) is 5.75 Å². The van der Waals surface area contributed by atoms with Crippen LogP contribution >= 0.6 is 23.4 Å². The maximum Gasteiger partial charge on any atom is 0.0364 e. The summed E-state index contributed by atoms with van der Waals surface area (Å²) in [6.45, 7) is 7.13. The second-order valence-corrected chi connectivity index (χ2v) is 8.83. The fourth-order valence-corrected chi connectivity index (χ4v) is 4.52. The van der Waals surface area contributed by atoms with Crippen molar-refractivity contribution in [3.8, 4) is 0 Å². The Morgan fingerprint density at radius 2 is 1.85 bits per heavy atom. The third-order valence-electron chi connectivity index (χ3n) is 4.61. The fraction of sp³-hybridized carbons (Fsp3) is 0.667. The minimum Gasteiger partial charge on any atom is -0.126 e. The molecule has 1 saturated carbocycles. The van der Waals surface area contributed by atoms with Crippen molar-refractivity contribution in [3.63, 3.8) is 0 Å². The number of alkyl halides is 1. The van der Waals surface area contributed by atoms with Crippen molar-refractivity contribution in [2.45, 2.75) is 56.7 Å². The summed E-state index contributed by atoms with van der Waals surface area (Å²) < 4.78 is 0. The van der Waals surface area contributed by atoms with Crippen molar-refractivity contribution >= 4 is 23.4 Å². The Balaban J connectivity index is 1.81. The molecule has 2 heteroatoms. The molecule has 0 aliphatic heterocycles. The molecule has 1 aromatic rings. The zero-order chi connectivity index (χ0) is 14.6. The molecule has 3 atom stereocenters. The van der Waals surface area contributed by atoms with Crippen molar-refractivity contribution in [1.82, 2.24) is 0 Å². The first-order chi connectivity index (χ1) is 9.47. The van der Waals surface area contributed by atoms with Gasteiger partial charge in [-0.3, -0.25) is 0 Å². The molecule has 0 amide bonds. The van der Waals surface area contributed by atoms with Crippen LogP contribution in [-0.4, -0.2) is 11.1 Å². The van der Waals surface area contributed by atoms with Crippen molar-refractivity contribution in [1.29, 1.82) is 0 Å². The topological polar surface area (TPSA) is 0 Å². The molecule has 0 heterocycles. The highest BCUT2D eigenvalue weighted by molar-refractivity contribution is 7.99. The summed E-state index contributed by atoms with van der Waals surface area (Å²) in [7, 11) is 0. The first-order valence-corrected chi connectivity index (χ1v) is 9.21. The molecular formula is C18H27ClS. The molecule has 0 saturated heterocycles. The van der Waals surface area contributed by atoms with Crippen LogP contribution < -0.4 is 0 Å². The van der Waals surface area contributed by atoms with Crippen molar-refractivity contribution in [2.24, 2.45) is 17.3 Å². The summed E-state index contributed by atoms with van der Waals surface area (Å²) in [4.78, 5) is 1.38.